The highest BCUT2D eigenvalue weighted by atomic mass is 16.3. The number of aromatic hydroxyl groups is 1. The third-order valence-electron chi connectivity index (χ3n) is 4.53. The van der Waals surface area contributed by atoms with Gasteiger partial charge in [0.1, 0.15) is 5.75 Å². The van der Waals surface area contributed by atoms with Crippen LogP contribution in [0.5, 0.6) is 5.75 Å². The largest absolute Gasteiger partial charge is 0.507 e. The molecule has 0 aliphatic heterocycles. The number of benzene rings is 4. The van der Waals surface area contributed by atoms with Gasteiger partial charge in [-0.25, -0.2) is 0 Å². The Balaban J connectivity index is 2.40. The van der Waals surface area contributed by atoms with Gasteiger partial charge < -0.3 is 5.11 Å². The molecule has 0 unspecified atom stereocenters. The van der Waals surface area contributed by atoms with Gasteiger partial charge in [-0.15, -0.1) is 0 Å². The van der Waals surface area contributed by atoms with Crippen LogP contribution in [0.2, 0.25) is 0 Å². The molecule has 4 aromatic rings. The van der Waals surface area contributed by atoms with Crippen LogP contribution < -0.4 is 0 Å². The van der Waals surface area contributed by atoms with Crippen molar-refractivity contribution >= 4 is 32.3 Å². The fourth-order valence-corrected chi connectivity index (χ4v) is 3.50. The van der Waals surface area contributed by atoms with Gasteiger partial charge in [-0.3, -0.25) is 0 Å². The molecule has 21 heavy (non-hydrogen) atoms. The summed E-state index contributed by atoms with van der Waals surface area (Å²) in [7, 11) is 0. The van der Waals surface area contributed by atoms with Crippen molar-refractivity contribution in [1.82, 2.24) is 0 Å². The number of phenols is 1. The van der Waals surface area contributed by atoms with Crippen molar-refractivity contribution in [2.45, 2.75) is 13.8 Å². The van der Waals surface area contributed by atoms with Crippen molar-refractivity contribution in [3.63, 3.8) is 0 Å². The molecular weight excluding hydrogens is 256 g/mol. The van der Waals surface area contributed by atoms with Gasteiger partial charge in [0.05, 0.1) is 0 Å². The van der Waals surface area contributed by atoms with Crippen LogP contribution in [0, 0.1) is 13.8 Å². The maximum Gasteiger partial charge on any atom is 0.123 e. The number of fused-ring (bicyclic) bond motifs is 4. The molecule has 0 fully saturated rings. The van der Waals surface area contributed by atoms with Crippen molar-refractivity contribution in [2.24, 2.45) is 0 Å². The standard InChI is InChI=1S/C20H16O/c1-12-15-8-5-9-18(21)20(15)13(2)19-16(12)11-10-14-6-3-4-7-17(14)19/h3-11,21H,1-2H3. The molecule has 0 aliphatic rings. The first-order chi connectivity index (χ1) is 10.2. The summed E-state index contributed by atoms with van der Waals surface area (Å²) in [6.45, 7) is 4.24. The Morgan fingerprint density at radius 1 is 0.619 bits per heavy atom. The van der Waals surface area contributed by atoms with Gasteiger partial charge in [-0.2, -0.15) is 0 Å². The summed E-state index contributed by atoms with van der Waals surface area (Å²) in [5.41, 5.74) is 2.38. The van der Waals surface area contributed by atoms with E-state index in [-0.39, 0.29) is 0 Å². The Kier molecular flexibility index (Phi) is 2.46. The first-order valence-electron chi connectivity index (χ1n) is 7.21. The lowest BCUT2D eigenvalue weighted by molar-refractivity contribution is 0.481. The number of hydrogen-bond acceptors (Lipinski definition) is 1. The second-order valence-corrected chi connectivity index (χ2v) is 5.66. The van der Waals surface area contributed by atoms with Crippen LogP contribution in [0.15, 0.2) is 54.6 Å². The Hall–Kier alpha value is -2.54. The average molecular weight is 272 g/mol. The molecule has 4 aromatic carbocycles. The Morgan fingerprint density at radius 3 is 2.19 bits per heavy atom. The normalized spacial score (nSPS) is 11.5. The monoisotopic (exact) mass is 272 g/mol. The fraction of sp³-hybridized carbons (Fsp3) is 0.100. The minimum atomic E-state index is 0.364. The van der Waals surface area contributed by atoms with Gasteiger partial charge in [0.15, 0.2) is 0 Å². The van der Waals surface area contributed by atoms with Gasteiger partial charge in [-0.05, 0) is 58.0 Å². The second-order valence-electron chi connectivity index (χ2n) is 5.66. The van der Waals surface area contributed by atoms with Crippen molar-refractivity contribution in [3.05, 3.63) is 65.7 Å². The number of hydrogen-bond donors (Lipinski definition) is 1. The zero-order valence-corrected chi connectivity index (χ0v) is 12.1. The molecule has 0 spiro atoms. The minimum Gasteiger partial charge on any atom is -0.507 e. The molecule has 0 saturated heterocycles. The summed E-state index contributed by atoms with van der Waals surface area (Å²) in [5, 5.41) is 17.4. The third kappa shape index (κ3) is 1.58. The van der Waals surface area contributed by atoms with E-state index < -0.39 is 0 Å². The predicted molar refractivity (Wildman–Crippen MR) is 90.1 cm³/mol. The summed E-state index contributed by atoms with van der Waals surface area (Å²) in [6.07, 6.45) is 0. The maximum absolute atomic E-state index is 10.3. The quantitative estimate of drug-likeness (QED) is 0.332. The van der Waals surface area contributed by atoms with Crippen LogP contribution in [0.3, 0.4) is 0 Å². The van der Waals surface area contributed by atoms with Crippen LogP contribution >= 0.6 is 0 Å². The number of rotatable bonds is 0. The molecule has 102 valence electrons. The SMILES string of the molecule is Cc1c2cccc(O)c2c(C)c2c1ccc1ccccc12. The van der Waals surface area contributed by atoms with E-state index in [0.717, 1.165) is 16.3 Å². The average Bonchev–Trinajstić information content (AvgIpc) is 2.51. The highest BCUT2D eigenvalue weighted by Gasteiger charge is 2.13. The number of phenolic OH excluding ortho intramolecular Hbond substituents is 1. The Bertz CT molecular complexity index is 1010. The van der Waals surface area contributed by atoms with Gasteiger partial charge >= 0.3 is 0 Å². The van der Waals surface area contributed by atoms with Crippen molar-refractivity contribution in [1.29, 1.82) is 0 Å². The van der Waals surface area contributed by atoms with Crippen LogP contribution in [-0.2, 0) is 0 Å². The topological polar surface area (TPSA) is 20.2 Å². The molecule has 0 amide bonds. The van der Waals surface area contributed by atoms with Gasteiger partial charge in [-0.1, -0.05) is 48.5 Å². The maximum atomic E-state index is 10.3. The van der Waals surface area contributed by atoms with Crippen LogP contribution in [0.4, 0.5) is 0 Å². The molecule has 0 bridgehead atoms. The van der Waals surface area contributed by atoms with Gasteiger partial charge in [0.2, 0.25) is 0 Å². The second kappa shape index (κ2) is 4.23. The summed E-state index contributed by atoms with van der Waals surface area (Å²) in [6, 6.07) is 18.6. The molecule has 1 nitrogen and oxygen atoms in total. The summed E-state index contributed by atoms with van der Waals surface area (Å²) < 4.78 is 0. The fourth-order valence-electron chi connectivity index (χ4n) is 3.50. The van der Waals surface area contributed by atoms with E-state index in [2.05, 4.69) is 56.3 Å². The van der Waals surface area contributed by atoms with Crippen LogP contribution in [0.25, 0.3) is 32.3 Å². The molecule has 0 saturated carbocycles. The molecule has 1 heteroatoms. The van der Waals surface area contributed by atoms with E-state index in [0.29, 0.717) is 5.75 Å². The number of aryl methyl sites for hydroxylation is 2. The van der Waals surface area contributed by atoms with E-state index in [9.17, 15) is 5.11 Å². The third-order valence-corrected chi connectivity index (χ3v) is 4.53. The highest BCUT2D eigenvalue weighted by molar-refractivity contribution is 6.17. The van der Waals surface area contributed by atoms with E-state index in [1.807, 2.05) is 6.07 Å². The van der Waals surface area contributed by atoms with Crippen molar-refractivity contribution in [3.8, 4) is 5.75 Å². The Morgan fingerprint density at radius 2 is 1.33 bits per heavy atom. The lowest BCUT2D eigenvalue weighted by Gasteiger charge is -2.15. The molecule has 0 aromatic heterocycles. The van der Waals surface area contributed by atoms with Crippen LogP contribution in [-0.4, -0.2) is 5.11 Å². The summed E-state index contributed by atoms with van der Waals surface area (Å²) in [4.78, 5) is 0. The molecule has 0 aliphatic carbocycles. The van der Waals surface area contributed by atoms with E-state index >= 15 is 0 Å². The summed E-state index contributed by atoms with van der Waals surface area (Å²) >= 11 is 0. The highest BCUT2D eigenvalue weighted by Crippen LogP contribution is 2.39. The molecule has 0 radical (unpaired) electrons. The van der Waals surface area contributed by atoms with Crippen molar-refractivity contribution in [2.75, 3.05) is 0 Å². The molecular formula is C20H16O. The lowest BCUT2D eigenvalue weighted by Crippen LogP contribution is -1.90. The lowest BCUT2D eigenvalue weighted by atomic mass is 9.90. The molecule has 1 N–H and O–H groups in total. The smallest absolute Gasteiger partial charge is 0.123 e. The van der Waals surface area contributed by atoms with E-state index in [4.69, 9.17) is 0 Å². The van der Waals surface area contributed by atoms with Gasteiger partial charge in [0.25, 0.3) is 0 Å². The first kappa shape index (κ1) is 12.2. The molecule has 4 rings (SSSR count). The van der Waals surface area contributed by atoms with Gasteiger partial charge in [0, 0.05) is 5.39 Å². The predicted octanol–water partition coefficient (Wildman–Crippen LogP) is 5.47. The van der Waals surface area contributed by atoms with Crippen molar-refractivity contribution < 1.29 is 5.11 Å². The zero-order chi connectivity index (χ0) is 14.6. The van der Waals surface area contributed by atoms with Crippen LogP contribution in [0.1, 0.15) is 11.1 Å². The minimum absolute atomic E-state index is 0.364. The molecule has 0 heterocycles. The molecule has 0 atom stereocenters. The first-order valence-corrected chi connectivity index (χ1v) is 7.21. The zero-order valence-electron chi connectivity index (χ0n) is 12.1. The summed E-state index contributed by atoms with van der Waals surface area (Å²) in [5.74, 6) is 0.364. The van der Waals surface area contributed by atoms with E-state index in [1.165, 1.54) is 27.1 Å². The van der Waals surface area contributed by atoms with E-state index in [1.54, 1.807) is 6.07 Å². The Labute approximate surface area is 123 Å².